The van der Waals surface area contributed by atoms with Crippen LogP contribution in [-0.2, 0) is 22.9 Å². The molecule has 0 spiro atoms. The number of aliphatic hydroxyl groups excluding tert-OH is 1. The van der Waals surface area contributed by atoms with E-state index in [0.717, 1.165) is 16.3 Å². The van der Waals surface area contributed by atoms with Gasteiger partial charge in [0.15, 0.2) is 11.6 Å². The highest BCUT2D eigenvalue weighted by atomic mass is 32.2. The first-order valence-corrected chi connectivity index (χ1v) is 17.7. The van der Waals surface area contributed by atoms with Gasteiger partial charge in [0.05, 0.1) is 23.1 Å². The first kappa shape index (κ1) is 35.2. The van der Waals surface area contributed by atoms with Crippen LogP contribution in [0, 0.1) is 18.8 Å². The lowest BCUT2D eigenvalue weighted by molar-refractivity contribution is 0.0689. The average Bonchev–Trinajstić information content (AvgIpc) is 3.48. The maximum atomic E-state index is 13.7. The highest BCUT2D eigenvalue weighted by molar-refractivity contribution is 7.89. The molecule has 3 aromatic carbocycles. The molecule has 4 rings (SSSR count). The van der Waals surface area contributed by atoms with Crippen LogP contribution in [0.5, 0.6) is 5.75 Å². The van der Waals surface area contributed by atoms with Crippen molar-refractivity contribution in [3.63, 3.8) is 0 Å². The molecule has 244 valence electrons. The summed E-state index contributed by atoms with van der Waals surface area (Å²) >= 11 is 1.53. The number of hydrogen-bond donors (Lipinski definition) is 1. The molecule has 1 aromatic heterocycles. The van der Waals surface area contributed by atoms with Crippen LogP contribution in [-0.4, -0.2) is 60.7 Å². The summed E-state index contributed by atoms with van der Waals surface area (Å²) < 4.78 is 34.0. The molecule has 0 unspecified atom stereocenters. The van der Waals surface area contributed by atoms with E-state index in [-0.39, 0.29) is 48.3 Å². The van der Waals surface area contributed by atoms with E-state index >= 15 is 0 Å². The van der Waals surface area contributed by atoms with Gasteiger partial charge in [0.25, 0.3) is 0 Å². The zero-order chi connectivity index (χ0) is 33.3. The number of hydrogen-bond acceptors (Lipinski definition) is 8. The lowest BCUT2D eigenvalue weighted by Crippen LogP contribution is -2.43. The number of methoxy groups -OCH3 is 1. The largest absolute Gasteiger partial charge is 0.497 e. The number of aromatic nitrogens is 1. The van der Waals surface area contributed by atoms with Gasteiger partial charge in [-0.1, -0.05) is 62.4 Å². The Balaban J connectivity index is 1.54. The Bertz CT molecular complexity index is 1700. The van der Waals surface area contributed by atoms with Crippen LogP contribution in [0.4, 0.5) is 0 Å². The van der Waals surface area contributed by atoms with E-state index in [1.807, 2.05) is 56.5 Å². The molecule has 10 heteroatoms. The summed E-state index contributed by atoms with van der Waals surface area (Å²) in [6.07, 6.45) is 0.0334. The second kappa shape index (κ2) is 16.2. The summed E-state index contributed by atoms with van der Waals surface area (Å²) in [7, 11) is -2.44. The van der Waals surface area contributed by atoms with Gasteiger partial charge in [-0.25, -0.2) is 13.4 Å². The van der Waals surface area contributed by atoms with Crippen LogP contribution in [0.2, 0.25) is 0 Å². The zero-order valence-electron chi connectivity index (χ0n) is 26.8. The molecule has 0 radical (unpaired) electrons. The van der Waals surface area contributed by atoms with E-state index in [1.165, 1.54) is 34.9 Å². The molecule has 0 aliphatic rings. The number of aryl methyl sites for hydroxylation is 2. The van der Waals surface area contributed by atoms with Gasteiger partial charge in [-0.15, -0.1) is 11.3 Å². The first-order chi connectivity index (χ1) is 22.0. The fourth-order valence-corrected chi connectivity index (χ4v) is 7.70. The first-order valence-electron chi connectivity index (χ1n) is 15.4. The minimum atomic E-state index is -3.95. The topological polar surface area (TPSA) is 114 Å². The maximum Gasteiger partial charge on any atom is 0.243 e. The summed E-state index contributed by atoms with van der Waals surface area (Å²) in [5.41, 5.74) is 2.69. The Morgan fingerprint density at radius 2 is 1.61 bits per heavy atom. The third-order valence-corrected chi connectivity index (χ3v) is 10.6. The van der Waals surface area contributed by atoms with Gasteiger partial charge >= 0.3 is 0 Å². The number of carbonyl (C=O) groups is 2. The van der Waals surface area contributed by atoms with Crippen LogP contribution in [0.3, 0.4) is 0 Å². The molecular formula is C36H42N2O6S2. The molecule has 1 N–H and O–H groups in total. The Hall–Kier alpha value is -3.70. The normalized spacial score (nSPS) is 13.1. The fraction of sp³-hybridized carbons (Fsp3) is 0.361. The van der Waals surface area contributed by atoms with Gasteiger partial charge in [-0.05, 0) is 61.1 Å². The SMILES string of the molecule is COc1ccc(S(=O)(=O)N(CC(C)C)C[C@@H](O)[C@@H](CC(=O)c2cccc(C(=O)CCc3nc(C)cs3)c2)Cc2ccccc2)cc1. The number of aliphatic hydroxyl groups is 1. The van der Waals surface area contributed by atoms with Gasteiger partial charge < -0.3 is 9.84 Å². The molecular weight excluding hydrogens is 621 g/mol. The Morgan fingerprint density at radius 3 is 2.22 bits per heavy atom. The standard InChI is InChI=1S/C36H42N2O6S2/c1-25(2)22-38(46(42,43)32-15-13-31(44-4)14-16-32)23-35(41)30(19-27-9-6-5-7-10-27)21-34(40)29-12-8-11-28(20-29)33(39)17-18-36-37-26(3)24-45-36/h5-16,20,24-25,30,35,41H,17-19,21-23H2,1-4H3/t30-,35-/m1/s1. The number of ether oxygens (including phenoxy) is 1. The lowest BCUT2D eigenvalue weighted by Gasteiger charge is -2.30. The zero-order valence-corrected chi connectivity index (χ0v) is 28.4. The van der Waals surface area contributed by atoms with Crippen LogP contribution in [0.1, 0.15) is 63.7 Å². The van der Waals surface area contributed by atoms with Gasteiger partial charge in [0.1, 0.15) is 5.75 Å². The van der Waals surface area contributed by atoms with Crippen molar-refractivity contribution in [2.75, 3.05) is 20.2 Å². The molecule has 46 heavy (non-hydrogen) atoms. The number of benzene rings is 3. The van der Waals surface area contributed by atoms with Crippen molar-refractivity contribution in [1.82, 2.24) is 9.29 Å². The predicted octanol–water partition coefficient (Wildman–Crippen LogP) is 6.42. The van der Waals surface area contributed by atoms with Crippen molar-refractivity contribution in [2.24, 2.45) is 11.8 Å². The van der Waals surface area contributed by atoms with Crippen molar-refractivity contribution >= 4 is 32.9 Å². The molecule has 2 atom stereocenters. The average molecular weight is 663 g/mol. The van der Waals surface area contributed by atoms with E-state index in [0.29, 0.717) is 29.7 Å². The molecule has 0 bridgehead atoms. The number of Topliss-reactive ketones (excluding diaryl/α,β-unsaturated/α-hetero) is 2. The summed E-state index contributed by atoms with van der Waals surface area (Å²) in [5, 5.41) is 14.5. The highest BCUT2D eigenvalue weighted by Gasteiger charge is 2.32. The molecule has 0 aliphatic carbocycles. The van der Waals surface area contributed by atoms with Crippen molar-refractivity contribution in [1.29, 1.82) is 0 Å². The number of sulfonamides is 1. The van der Waals surface area contributed by atoms with E-state index in [2.05, 4.69) is 4.98 Å². The maximum absolute atomic E-state index is 13.7. The Morgan fingerprint density at radius 1 is 0.935 bits per heavy atom. The monoisotopic (exact) mass is 662 g/mol. The molecule has 0 saturated heterocycles. The fourth-order valence-electron chi connectivity index (χ4n) is 5.30. The predicted molar refractivity (Wildman–Crippen MR) is 181 cm³/mol. The van der Waals surface area contributed by atoms with Crippen molar-refractivity contribution < 1.29 is 27.9 Å². The second-order valence-corrected chi connectivity index (χ2v) is 14.8. The second-order valence-electron chi connectivity index (χ2n) is 11.9. The number of carbonyl (C=O) groups excluding carboxylic acids is 2. The summed E-state index contributed by atoms with van der Waals surface area (Å²) in [6.45, 7) is 5.77. The Labute approximate surface area is 276 Å². The smallest absolute Gasteiger partial charge is 0.243 e. The molecule has 1 heterocycles. The Kier molecular flexibility index (Phi) is 12.4. The number of rotatable bonds is 17. The van der Waals surface area contributed by atoms with Crippen LogP contribution in [0.25, 0.3) is 0 Å². The van der Waals surface area contributed by atoms with Crippen molar-refractivity contribution in [2.45, 2.75) is 57.5 Å². The third-order valence-electron chi connectivity index (χ3n) is 7.73. The van der Waals surface area contributed by atoms with E-state index in [1.54, 1.807) is 36.4 Å². The minimum Gasteiger partial charge on any atom is -0.497 e. The van der Waals surface area contributed by atoms with Crippen LogP contribution in [0.15, 0.2) is 89.1 Å². The van der Waals surface area contributed by atoms with Crippen molar-refractivity contribution in [3.05, 3.63) is 112 Å². The number of nitrogens with zero attached hydrogens (tertiary/aromatic N) is 2. The summed E-state index contributed by atoms with van der Waals surface area (Å²) in [6, 6.07) is 22.4. The van der Waals surface area contributed by atoms with E-state index in [9.17, 15) is 23.1 Å². The van der Waals surface area contributed by atoms with Gasteiger partial charge in [-0.2, -0.15) is 4.31 Å². The van der Waals surface area contributed by atoms with Crippen LogP contribution >= 0.6 is 11.3 Å². The quantitative estimate of drug-likeness (QED) is 0.130. The lowest BCUT2D eigenvalue weighted by atomic mass is 9.87. The number of thiazole rings is 1. The van der Waals surface area contributed by atoms with E-state index < -0.39 is 22.0 Å². The highest BCUT2D eigenvalue weighted by Crippen LogP contribution is 2.25. The van der Waals surface area contributed by atoms with Gasteiger partial charge in [0, 0.05) is 54.6 Å². The van der Waals surface area contributed by atoms with Gasteiger partial charge in [0.2, 0.25) is 10.0 Å². The summed E-state index contributed by atoms with van der Waals surface area (Å²) in [4.78, 5) is 31.2. The third kappa shape index (κ3) is 9.65. The van der Waals surface area contributed by atoms with Crippen molar-refractivity contribution in [3.8, 4) is 5.75 Å². The molecule has 8 nitrogen and oxygen atoms in total. The number of ketones is 2. The summed E-state index contributed by atoms with van der Waals surface area (Å²) in [5.74, 6) is -0.344. The van der Waals surface area contributed by atoms with E-state index in [4.69, 9.17) is 4.74 Å². The molecule has 4 aromatic rings. The van der Waals surface area contributed by atoms with Gasteiger partial charge in [-0.3, -0.25) is 9.59 Å². The molecule has 0 fully saturated rings. The minimum absolute atomic E-state index is 0.00525. The molecule has 0 amide bonds. The molecule has 0 aliphatic heterocycles. The molecule has 0 saturated carbocycles. The van der Waals surface area contributed by atoms with Crippen LogP contribution < -0.4 is 4.74 Å².